The van der Waals surface area contributed by atoms with E-state index in [2.05, 4.69) is 29.4 Å². The van der Waals surface area contributed by atoms with Crippen molar-refractivity contribution in [2.45, 2.75) is 38.3 Å². The van der Waals surface area contributed by atoms with Gasteiger partial charge in [0, 0.05) is 59.9 Å². The molecule has 0 saturated carbocycles. The van der Waals surface area contributed by atoms with Crippen molar-refractivity contribution in [2.24, 2.45) is 0 Å². The smallest absolute Gasteiger partial charge is 0.317 e. The summed E-state index contributed by atoms with van der Waals surface area (Å²) >= 11 is 12.6. The number of fused-ring (bicyclic) bond motifs is 1. The molecule has 2 heterocycles. The standard InChI is InChI=1S/C26H32Cl2N4O3/c1-3-18(2)32(10-9-29-25(34)31-11-13-35-14-12-31)26(17-19-5-4-6-20(27)15-19)22-8-7-21(28)16-23(22)30-24(26)33/h4-8,15-16,18H,3,9-14,17H2,1-2H3,(H,29,34)(H,30,33). The first-order chi connectivity index (χ1) is 16.8. The van der Waals surface area contributed by atoms with Crippen LogP contribution in [-0.4, -0.2) is 67.2 Å². The molecule has 0 aromatic heterocycles. The average molecular weight is 519 g/mol. The quantitative estimate of drug-likeness (QED) is 0.538. The first-order valence-electron chi connectivity index (χ1n) is 12.1. The highest BCUT2D eigenvalue weighted by Gasteiger charge is 2.52. The summed E-state index contributed by atoms with van der Waals surface area (Å²) in [5, 5.41) is 7.30. The Balaban J connectivity index is 1.66. The lowest BCUT2D eigenvalue weighted by atomic mass is 9.81. The third-order valence-electron chi connectivity index (χ3n) is 6.94. The van der Waals surface area contributed by atoms with Crippen LogP contribution in [0.4, 0.5) is 10.5 Å². The number of carbonyl (C=O) groups is 2. The monoisotopic (exact) mass is 518 g/mol. The first kappa shape index (κ1) is 25.8. The molecule has 9 heteroatoms. The molecule has 3 amide bonds. The lowest BCUT2D eigenvalue weighted by molar-refractivity contribution is -0.129. The number of ether oxygens (including phenoxy) is 1. The van der Waals surface area contributed by atoms with Crippen molar-refractivity contribution in [3.8, 4) is 0 Å². The summed E-state index contributed by atoms with van der Waals surface area (Å²) in [4.78, 5) is 30.5. The van der Waals surface area contributed by atoms with Crippen LogP contribution in [0.2, 0.25) is 10.0 Å². The Morgan fingerprint density at radius 1 is 1.20 bits per heavy atom. The van der Waals surface area contributed by atoms with E-state index < -0.39 is 5.54 Å². The zero-order valence-electron chi connectivity index (χ0n) is 20.2. The minimum atomic E-state index is -0.969. The van der Waals surface area contributed by atoms with Gasteiger partial charge in [0.15, 0.2) is 0 Å². The van der Waals surface area contributed by atoms with E-state index >= 15 is 0 Å². The van der Waals surface area contributed by atoms with E-state index in [-0.39, 0.29) is 18.0 Å². The highest BCUT2D eigenvalue weighted by molar-refractivity contribution is 6.31. The minimum Gasteiger partial charge on any atom is -0.378 e. The molecule has 2 aliphatic heterocycles. The predicted molar refractivity (Wildman–Crippen MR) is 139 cm³/mol. The molecule has 0 radical (unpaired) electrons. The molecule has 2 aliphatic rings. The van der Waals surface area contributed by atoms with Gasteiger partial charge in [0.1, 0.15) is 5.54 Å². The van der Waals surface area contributed by atoms with Crippen molar-refractivity contribution in [2.75, 3.05) is 44.7 Å². The molecular weight excluding hydrogens is 487 g/mol. The summed E-state index contributed by atoms with van der Waals surface area (Å²) in [6.07, 6.45) is 1.28. The van der Waals surface area contributed by atoms with Gasteiger partial charge in [-0.25, -0.2) is 4.79 Å². The second-order valence-electron chi connectivity index (χ2n) is 9.09. The number of benzene rings is 2. The van der Waals surface area contributed by atoms with E-state index in [0.29, 0.717) is 55.9 Å². The van der Waals surface area contributed by atoms with Crippen LogP contribution >= 0.6 is 23.2 Å². The van der Waals surface area contributed by atoms with Gasteiger partial charge in [0.05, 0.1) is 13.2 Å². The normalized spacial score (nSPS) is 20.5. The summed E-state index contributed by atoms with van der Waals surface area (Å²) in [6.45, 7) is 7.39. The van der Waals surface area contributed by atoms with Crippen LogP contribution in [0, 0.1) is 0 Å². The fourth-order valence-electron chi connectivity index (χ4n) is 5.00. The number of amides is 3. The van der Waals surface area contributed by atoms with Crippen LogP contribution in [0.15, 0.2) is 42.5 Å². The maximum atomic E-state index is 13.8. The van der Waals surface area contributed by atoms with Crippen molar-refractivity contribution in [3.63, 3.8) is 0 Å². The molecule has 35 heavy (non-hydrogen) atoms. The predicted octanol–water partition coefficient (Wildman–Crippen LogP) is 4.53. The van der Waals surface area contributed by atoms with Gasteiger partial charge >= 0.3 is 6.03 Å². The van der Waals surface area contributed by atoms with Crippen LogP contribution < -0.4 is 10.6 Å². The van der Waals surface area contributed by atoms with Gasteiger partial charge in [-0.15, -0.1) is 0 Å². The van der Waals surface area contributed by atoms with E-state index in [1.807, 2.05) is 36.4 Å². The molecule has 1 saturated heterocycles. The van der Waals surface area contributed by atoms with Gasteiger partial charge in [0.2, 0.25) is 5.91 Å². The molecule has 2 aromatic rings. The number of anilines is 1. The van der Waals surface area contributed by atoms with E-state index in [0.717, 1.165) is 23.2 Å². The molecule has 1 fully saturated rings. The number of nitrogens with one attached hydrogen (secondary N) is 2. The van der Waals surface area contributed by atoms with Gasteiger partial charge in [-0.1, -0.05) is 48.3 Å². The van der Waals surface area contributed by atoms with E-state index in [4.69, 9.17) is 27.9 Å². The molecule has 2 N–H and O–H groups in total. The Kier molecular flexibility index (Phi) is 8.22. The largest absolute Gasteiger partial charge is 0.378 e. The second-order valence-corrected chi connectivity index (χ2v) is 9.97. The van der Waals surface area contributed by atoms with Gasteiger partial charge in [-0.2, -0.15) is 0 Å². The number of urea groups is 1. The number of hydrogen-bond donors (Lipinski definition) is 2. The number of carbonyl (C=O) groups excluding carboxylic acids is 2. The van der Waals surface area contributed by atoms with Gasteiger partial charge in [-0.05, 0) is 43.2 Å². The van der Waals surface area contributed by atoms with Crippen LogP contribution in [0.25, 0.3) is 0 Å². The molecule has 2 atom stereocenters. The summed E-state index contributed by atoms with van der Waals surface area (Å²) in [7, 11) is 0. The Morgan fingerprint density at radius 2 is 1.94 bits per heavy atom. The molecule has 0 aliphatic carbocycles. The van der Waals surface area contributed by atoms with Crippen molar-refractivity contribution < 1.29 is 14.3 Å². The average Bonchev–Trinajstić information content (AvgIpc) is 3.12. The van der Waals surface area contributed by atoms with Gasteiger partial charge in [0.25, 0.3) is 0 Å². The molecule has 2 aromatic carbocycles. The topological polar surface area (TPSA) is 73.9 Å². The van der Waals surface area contributed by atoms with E-state index in [9.17, 15) is 9.59 Å². The molecule has 7 nitrogen and oxygen atoms in total. The third-order valence-corrected chi connectivity index (χ3v) is 7.41. The lowest BCUT2D eigenvalue weighted by Gasteiger charge is -2.43. The Labute approximate surface area is 216 Å². The van der Waals surface area contributed by atoms with Crippen molar-refractivity contribution >= 4 is 40.8 Å². The van der Waals surface area contributed by atoms with Gasteiger partial charge < -0.3 is 20.3 Å². The number of rotatable bonds is 8. The number of nitrogens with zero attached hydrogens (tertiary/aromatic N) is 2. The summed E-state index contributed by atoms with van der Waals surface area (Å²) < 4.78 is 5.34. The van der Waals surface area contributed by atoms with Crippen molar-refractivity contribution in [3.05, 3.63) is 63.6 Å². The zero-order chi connectivity index (χ0) is 25.0. The highest BCUT2D eigenvalue weighted by atomic mass is 35.5. The molecule has 188 valence electrons. The molecule has 2 unspecified atom stereocenters. The first-order valence-corrected chi connectivity index (χ1v) is 12.8. The number of halogens is 2. The van der Waals surface area contributed by atoms with E-state index in [1.165, 1.54) is 0 Å². The third kappa shape index (κ3) is 5.43. The molecule has 4 rings (SSSR count). The number of morpholine rings is 1. The van der Waals surface area contributed by atoms with Gasteiger partial charge in [-0.3, -0.25) is 9.69 Å². The summed E-state index contributed by atoms with van der Waals surface area (Å²) in [5.74, 6) is -0.102. The molecular formula is C26H32Cl2N4O3. The van der Waals surface area contributed by atoms with Crippen LogP contribution in [0.1, 0.15) is 31.4 Å². The number of hydrogen-bond acceptors (Lipinski definition) is 4. The van der Waals surface area contributed by atoms with Crippen molar-refractivity contribution in [1.29, 1.82) is 0 Å². The van der Waals surface area contributed by atoms with Crippen LogP contribution in [-0.2, 0) is 21.5 Å². The maximum absolute atomic E-state index is 13.8. The van der Waals surface area contributed by atoms with Crippen LogP contribution in [0.3, 0.4) is 0 Å². The van der Waals surface area contributed by atoms with Crippen molar-refractivity contribution in [1.82, 2.24) is 15.1 Å². The molecule has 0 spiro atoms. The lowest BCUT2D eigenvalue weighted by Crippen LogP contribution is -2.58. The Hall–Kier alpha value is -2.32. The Morgan fingerprint density at radius 3 is 2.66 bits per heavy atom. The summed E-state index contributed by atoms with van der Waals surface area (Å²) in [6, 6.07) is 13.1. The second kappa shape index (κ2) is 11.2. The SMILES string of the molecule is CCC(C)N(CCNC(=O)N1CCOCC1)C1(Cc2cccc(Cl)c2)C(=O)Nc2cc(Cl)ccc21. The maximum Gasteiger partial charge on any atom is 0.317 e. The minimum absolute atomic E-state index is 0.0712. The fraction of sp³-hybridized carbons (Fsp3) is 0.462. The Bertz CT molecular complexity index is 1080. The molecule has 0 bridgehead atoms. The fourth-order valence-corrected chi connectivity index (χ4v) is 5.39. The van der Waals surface area contributed by atoms with E-state index in [1.54, 1.807) is 11.0 Å². The zero-order valence-corrected chi connectivity index (χ0v) is 21.7. The highest BCUT2D eigenvalue weighted by Crippen LogP contribution is 2.45. The van der Waals surface area contributed by atoms with Crippen LogP contribution in [0.5, 0.6) is 0 Å². The summed E-state index contributed by atoms with van der Waals surface area (Å²) in [5.41, 5.74) is 1.59.